The Morgan fingerprint density at radius 1 is 1.35 bits per heavy atom. The molecule has 1 aromatic heterocycles. The Labute approximate surface area is 201 Å². The van der Waals surface area contributed by atoms with Crippen LogP contribution >= 0.6 is 15.9 Å². The molecular weight excluding hydrogens is 514 g/mol. The number of benzene rings is 2. The highest BCUT2D eigenvalue weighted by atomic mass is 79.9. The second kappa shape index (κ2) is 10.2. The molecule has 3 aromatic rings. The van der Waals surface area contributed by atoms with E-state index >= 15 is 0 Å². The third-order valence-electron chi connectivity index (χ3n) is 5.20. The third kappa shape index (κ3) is 5.03. The minimum absolute atomic E-state index is 0.0189. The van der Waals surface area contributed by atoms with Crippen LogP contribution in [0.4, 0.5) is 15.9 Å². The molecular formula is C20H19BBrFN6O5. The zero-order valence-electron chi connectivity index (χ0n) is 17.8. The average Bonchev–Trinajstić information content (AvgIpc) is 3.45. The monoisotopic (exact) mass is 532 g/mol. The highest BCUT2D eigenvalue weighted by molar-refractivity contribution is 9.10. The van der Waals surface area contributed by atoms with Gasteiger partial charge in [-0.05, 0) is 61.0 Å². The van der Waals surface area contributed by atoms with E-state index < -0.39 is 12.9 Å². The van der Waals surface area contributed by atoms with Crippen LogP contribution in [0.3, 0.4) is 0 Å². The summed E-state index contributed by atoms with van der Waals surface area (Å²) in [5, 5.41) is 35.5. The van der Waals surface area contributed by atoms with Gasteiger partial charge in [-0.2, -0.15) is 0 Å². The molecule has 0 unspecified atom stereocenters. The molecule has 11 nitrogen and oxygen atoms in total. The van der Waals surface area contributed by atoms with Crippen molar-refractivity contribution in [1.29, 1.82) is 0 Å². The predicted molar refractivity (Wildman–Crippen MR) is 124 cm³/mol. The number of nitrogens with zero attached hydrogens (tertiary/aromatic N) is 4. The standard InChI is InChI=1S/C20H19BBrFN6O5/c1-29(9-11-3-2-4-14-13(11)10-33-21(14)31)17(30)8-24-19-18(27-34-28-19)20(26-32)25-12-5-6-16(23)15(22)7-12/h2-7,31-32H,8-10H2,1H3,(H,24,28)(H,25,26). The molecule has 1 amide bonds. The quantitative estimate of drug-likeness (QED) is 0.117. The fourth-order valence-corrected chi connectivity index (χ4v) is 3.78. The number of likely N-dealkylation sites (N-methyl/N-ethyl adjacent to an activating group) is 1. The first kappa shape index (κ1) is 23.7. The lowest BCUT2D eigenvalue weighted by atomic mass is 9.78. The van der Waals surface area contributed by atoms with E-state index in [1.807, 2.05) is 6.07 Å². The van der Waals surface area contributed by atoms with E-state index in [0.717, 1.165) is 11.1 Å². The molecule has 0 spiro atoms. The smallest absolute Gasteiger partial charge is 0.423 e. The van der Waals surface area contributed by atoms with Crippen molar-refractivity contribution in [2.45, 2.75) is 13.2 Å². The number of fused-ring (bicyclic) bond motifs is 1. The SMILES string of the molecule is CN(Cc1cccc2c1COB2O)C(=O)CNc1nonc1/C(=N\O)Nc1ccc(F)c(Br)c1. The minimum Gasteiger partial charge on any atom is -0.423 e. The third-order valence-corrected chi connectivity index (χ3v) is 5.80. The van der Waals surface area contributed by atoms with E-state index in [-0.39, 0.29) is 40.9 Å². The molecule has 0 radical (unpaired) electrons. The second-order valence-corrected chi connectivity index (χ2v) is 8.27. The van der Waals surface area contributed by atoms with Gasteiger partial charge in [0.05, 0.1) is 17.6 Å². The van der Waals surface area contributed by atoms with Crippen LogP contribution in [-0.4, -0.2) is 57.9 Å². The van der Waals surface area contributed by atoms with Gasteiger partial charge in [0.2, 0.25) is 17.6 Å². The number of carbonyl (C=O) groups is 1. The summed E-state index contributed by atoms with van der Waals surface area (Å²) in [6.45, 7) is 0.447. The number of carbonyl (C=O) groups excluding carboxylic acids is 1. The largest absolute Gasteiger partial charge is 0.491 e. The van der Waals surface area contributed by atoms with Gasteiger partial charge >= 0.3 is 7.12 Å². The summed E-state index contributed by atoms with van der Waals surface area (Å²) in [7, 11) is 0.689. The Bertz CT molecular complexity index is 1240. The number of amidine groups is 1. The number of rotatable bonds is 7. The molecule has 0 aliphatic carbocycles. The maximum absolute atomic E-state index is 13.5. The Kier molecular flexibility index (Phi) is 7.10. The molecule has 0 saturated carbocycles. The van der Waals surface area contributed by atoms with Crippen molar-refractivity contribution in [3.8, 4) is 0 Å². The highest BCUT2D eigenvalue weighted by Crippen LogP contribution is 2.22. The molecule has 14 heteroatoms. The molecule has 2 heterocycles. The van der Waals surface area contributed by atoms with E-state index in [9.17, 15) is 19.4 Å². The molecule has 0 saturated heterocycles. The predicted octanol–water partition coefficient (Wildman–Crippen LogP) is 1.51. The Balaban J connectivity index is 1.39. The first-order valence-electron chi connectivity index (χ1n) is 10.0. The topological polar surface area (TPSA) is 145 Å². The molecule has 0 fully saturated rings. The molecule has 1 aliphatic rings. The maximum atomic E-state index is 13.5. The number of halogens is 2. The number of anilines is 2. The van der Waals surface area contributed by atoms with Crippen LogP contribution in [0, 0.1) is 5.82 Å². The number of oxime groups is 1. The van der Waals surface area contributed by atoms with E-state index in [1.54, 1.807) is 19.2 Å². The molecule has 34 heavy (non-hydrogen) atoms. The Morgan fingerprint density at radius 3 is 2.94 bits per heavy atom. The molecule has 4 rings (SSSR count). The average molecular weight is 533 g/mol. The van der Waals surface area contributed by atoms with Gasteiger partial charge in [-0.3, -0.25) is 4.79 Å². The van der Waals surface area contributed by atoms with E-state index in [1.165, 1.54) is 23.1 Å². The zero-order valence-corrected chi connectivity index (χ0v) is 19.4. The molecule has 1 aliphatic heterocycles. The van der Waals surface area contributed by atoms with Crippen molar-refractivity contribution in [2.75, 3.05) is 24.2 Å². The van der Waals surface area contributed by atoms with Crippen molar-refractivity contribution in [1.82, 2.24) is 15.2 Å². The van der Waals surface area contributed by atoms with Gasteiger partial charge in [-0.25, -0.2) is 9.02 Å². The summed E-state index contributed by atoms with van der Waals surface area (Å²) in [6.07, 6.45) is 0. The first-order chi connectivity index (χ1) is 16.4. The van der Waals surface area contributed by atoms with Crippen LogP contribution in [0.1, 0.15) is 16.8 Å². The summed E-state index contributed by atoms with van der Waals surface area (Å²) in [6, 6.07) is 9.58. The van der Waals surface area contributed by atoms with Crippen LogP contribution in [0.5, 0.6) is 0 Å². The van der Waals surface area contributed by atoms with Crippen molar-refractivity contribution >= 4 is 51.8 Å². The van der Waals surface area contributed by atoms with E-state index in [4.69, 9.17) is 9.28 Å². The molecule has 0 bridgehead atoms. The van der Waals surface area contributed by atoms with Gasteiger partial charge in [-0.15, -0.1) is 0 Å². The number of hydrogen-bond donors (Lipinski definition) is 4. The number of amides is 1. The lowest BCUT2D eigenvalue weighted by Crippen LogP contribution is -2.33. The minimum atomic E-state index is -0.956. The highest BCUT2D eigenvalue weighted by Gasteiger charge is 2.29. The Hall–Kier alpha value is -3.49. The van der Waals surface area contributed by atoms with Crippen molar-refractivity contribution in [2.24, 2.45) is 5.16 Å². The van der Waals surface area contributed by atoms with E-state index in [2.05, 4.69) is 42.0 Å². The van der Waals surface area contributed by atoms with Gasteiger partial charge in [0, 0.05) is 19.3 Å². The van der Waals surface area contributed by atoms with Gasteiger partial charge in [0.25, 0.3) is 0 Å². The van der Waals surface area contributed by atoms with Crippen molar-refractivity contribution in [3.05, 3.63) is 63.5 Å². The van der Waals surface area contributed by atoms with Crippen LogP contribution in [-0.2, 0) is 22.6 Å². The fraction of sp³-hybridized carbons (Fsp3) is 0.200. The molecule has 176 valence electrons. The maximum Gasteiger partial charge on any atom is 0.491 e. The van der Waals surface area contributed by atoms with Crippen molar-refractivity contribution in [3.63, 3.8) is 0 Å². The normalized spacial score (nSPS) is 13.1. The Morgan fingerprint density at radius 2 is 2.18 bits per heavy atom. The van der Waals surface area contributed by atoms with Gasteiger partial charge in [0.15, 0.2) is 5.69 Å². The molecule has 4 N–H and O–H groups in total. The van der Waals surface area contributed by atoms with Gasteiger partial charge < -0.3 is 30.4 Å². The number of nitrogens with one attached hydrogen (secondary N) is 2. The lowest BCUT2D eigenvalue weighted by Gasteiger charge is -2.19. The lowest BCUT2D eigenvalue weighted by molar-refractivity contribution is -0.128. The first-order valence-corrected chi connectivity index (χ1v) is 10.8. The number of aromatic nitrogens is 2. The van der Waals surface area contributed by atoms with Crippen molar-refractivity contribution < 1.29 is 28.7 Å². The van der Waals surface area contributed by atoms with Crippen LogP contribution < -0.4 is 16.1 Å². The summed E-state index contributed by atoms with van der Waals surface area (Å²) in [4.78, 5) is 14.2. The summed E-state index contributed by atoms with van der Waals surface area (Å²) >= 11 is 3.08. The van der Waals surface area contributed by atoms with E-state index in [0.29, 0.717) is 17.7 Å². The van der Waals surface area contributed by atoms with Crippen LogP contribution in [0.25, 0.3) is 0 Å². The molecule has 2 aromatic carbocycles. The number of hydrogen-bond acceptors (Lipinski definition) is 9. The summed E-state index contributed by atoms with van der Waals surface area (Å²) in [5.41, 5.74) is 2.87. The van der Waals surface area contributed by atoms with Crippen LogP contribution in [0.2, 0.25) is 0 Å². The second-order valence-electron chi connectivity index (χ2n) is 7.42. The van der Waals surface area contributed by atoms with Gasteiger partial charge in [0.1, 0.15) is 5.82 Å². The molecule has 0 atom stereocenters. The summed E-state index contributed by atoms with van der Waals surface area (Å²) < 4.78 is 23.7. The van der Waals surface area contributed by atoms with Crippen LogP contribution in [0.15, 0.2) is 50.7 Å². The zero-order chi connectivity index (χ0) is 24.2. The summed E-state index contributed by atoms with van der Waals surface area (Å²) in [5.74, 6) is -0.768. The van der Waals surface area contributed by atoms with Gasteiger partial charge in [-0.1, -0.05) is 23.4 Å². The fourth-order valence-electron chi connectivity index (χ4n) is 3.40.